The zero-order valence-electron chi connectivity index (χ0n) is 23.9. The predicted molar refractivity (Wildman–Crippen MR) is 167 cm³/mol. The monoisotopic (exact) mass is 600 g/mol. The molecular formula is C36H31F3O3S. The number of fused-ring (bicyclic) bond motifs is 1. The minimum atomic E-state index is -4.42. The van der Waals surface area contributed by atoms with Gasteiger partial charge in [0.2, 0.25) is 0 Å². The standard InChI is InChI=1S/C36H31F3O3S/c1-3-10-28-29-16-15-27(36(37,38)39)20-35(29)43-34(28)18-17-31(40)30-19-24(2)32(41-22-25-11-6-4-7-12-25)21-33(30)42-23-26-13-8-5-9-14-26/h4-9,11-21H,3,10,22-23H2,1-2H3. The Bertz CT molecular complexity index is 1740. The van der Waals surface area contributed by atoms with E-state index >= 15 is 0 Å². The number of hydrogen-bond acceptors (Lipinski definition) is 4. The summed E-state index contributed by atoms with van der Waals surface area (Å²) in [7, 11) is 0. The molecule has 0 amide bonds. The van der Waals surface area contributed by atoms with Crippen LogP contribution in [0.3, 0.4) is 0 Å². The lowest BCUT2D eigenvalue weighted by molar-refractivity contribution is -0.137. The molecule has 0 atom stereocenters. The van der Waals surface area contributed by atoms with Crippen molar-refractivity contribution >= 4 is 33.3 Å². The Kier molecular flexibility index (Phi) is 9.31. The summed E-state index contributed by atoms with van der Waals surface area (Å²) in [5.41, 5.74) is 3.41. The number of ketones is 1. The van der Waals surface area contributed by atoms with Crippen LogP contribution in [0.25, 0.3) is 16.2 Å². The van der Waals surface area contributed by atoms with Crippen LogP contribution in [0.15, 0.2) is 97.1 Å². The summed E-state index contributed by atoms with van der Waals surface area (Å²) in [5, 5.41) is 0.787. The summed E-state index contributed by atoms with van der Waals surface area (Å²) in [5.74, 6) is 0.742. The number of allylic oxidation sites excluding steroid dienone is 1. The molecule has 0 aliphatic heterocycles. The van der Waals surface area contributed by atoms with Crippen molar-refractivity contribution < 1.29 is 27.4 Å². The van der Waals surface area contributed by atoms with E-state index in [0.29, 0.717) is 34.8 Å². The number of carbonyl (C=O) groups is 1. The number of alkyl halides is 3. The number of benzene rings is 4. The Hall–Kier alpha value is -4.36. The molecule has 0 saturated carbocycles. The quantitative estimate of drug-likeness (QED) is 0.112. The van der Waals surface area contributed by atoms with Crippen LogP contribution in [-0.4, -0.2) is 5.78 Å². The van der Waals surface area contributed by atoms with Gasteiger partial charge in [0.05, 0.1) is 11.1 Å². The van der Waals surface area contributed by atoms with Crippen molar-refractivity contribution in [3.05, 3.63) is 135 Å². The molecule has 1 heterocycles. The van der Waals surface area contributed by atoms with Gasteiger partial charge in [0, 0.05) is 15.6 Å². The molecule has 0 unspecified atom stereocenters. The smallest absolute Gasteiger partial charge is 0.416 e. The van der Waals surface area contributed by atoms with Crippen LogP contribution in [0, 0.1) is 6.92 Å². The molecule has 0 fully saturated rings. The number of thiophene rings is 1. The summed E-state index contributed by atoms with van der Waals surface area (Å²) < 4.78 is 52.8. The van der Waals surface area contributed by atoms with E-state index in [0.717, 1.165) is 45.0 Å². The van der Waals surface area contributed by atoms with Crippen LogP contribution >= 0.6 is 11.3 Å². The van der Waals surface area contributed by atoms with Crippen LogP contribution in [0.4, 0.5) is 13.2 Å². The van der Waals surface area contributed by atoms with Gasteiger partial charge in [-0.3, -0.25) is 4.79 Å². The van der Waals surface area contributed by atoms with E-state index in [1.54, 1.807) is 18.2 Å². The third-order valence-corrected chi connectivity index (χ3v) is 8.21. The molecule has 3 nitrogen and oxygen atoms in total. The van der Waals surface area contributed by atoms with E-state index in [1.165, 1.54) is 29.5 Å². The van der Waals surface area contributed by atoms with Crippen molar-refractivity contribution in [1.29, 1.82) is 0 Å². The number of ether oxygens (including phenoxy) is 2. The summed E-state index contributed by atoms with van der Waals surface area (Å²) in [6.45, 7) is 4.54. The third kappa shape index (κ3) is 7.35. The minimum Gasteiger partial charge on any atom is -0.488 e. The van der Waals surface area contributed by atoms with Crippen molar-refractivity contribution in [2.45, 2.75) is 46.1 Å². The van der Waals surface area contributed by atoms with Gasteiger partial charge in [-0.25, -0.2) is 0 Å². The van der Waals surface area contributed by atoms with Gasteiger partial charge in [0.15, 0.2) is 5.78 Å². The van der Waals surface area contributed by atoms with Gasteiger partial charge in [-0.05, 0) is 71.3 Å². The fourth-order valence-corrected chi connectivity index (χ4v) is 6.03. The molecule has 0 radical (unpaired) electrons. The van der Waals surface area contributed by atoms with Crippen molar-refractivity contribution in [3.63, 3.8) is 0 Å². The Morgan fingerprint density at radius 1 is 0.837 bits per heavy atom. The zero-order valence-corrected chi connectivity index (χ0v) is 24.7. The van der Waals surface area contributed by atoms with Crippen molar-refractivity contribution in [3.8, 4) is 11.5 Å². The molecule has 0 bridgehead atoms. The SMILES string of the molecule is CCCc1c(C=CC(=O)c2cc(C)c(OCc3ccccc3)cc2OCc2ccccc2)sc2cc(C(F)(F)F)ccc12. The Morgan fingerprint density at radius 2 is 1.47 bits per heavy atom. The molecule has 1 aromatic heterocycles. The van der Waals surface area contributed by atoms with Crippen molar-refractivity contribution in [2.24, 2.45) is 0 Å². The Morgan fingerprint density at radius 3 is 2.07 bits per heavy atom. The van der Waals surface area contributed by atoms with E-state index in [4.69, 9.17) is 9.47 Å². The van der Waals surface area contributed by atoms with Crippen LogP contribution < -0.4 is 9.47 Å². The lowest BCUT2D eigenvalue weighted by Gasteiger charge is -2.15. The highest BCUT2D eigenvalue weighted by molar-refractivity contribution is 7.20. The second-order valence-corrected chi connectivity index (χ2v) is 11.3. The first-order valence-corrected chi connectivity index (χ1v) is 14.9. The Labute approximate surface area is 253 Å². The average molecular weight is 601 g/mol. The second-order valence-electron chi connectivity index (χ2n) is 10.3. The number of aryl methyl sites for hydroxylation is 2. The zero-order chi connectivity index (χ0) is 30.4. The van der Waals surface area contributed by atoms with Crippen LogP contribution in [-0.2, 0) is 25.8 Å². The molecule has 0 aliphatic carbocycles. The first-order valence-electron chi connectivity index (χ1n) is 14.1. The van der Waals surface area contributed by atoms with Crippen molar-refractivity contribution in [2.75, 3.05) is 0 Å². The fourth-order valence-electron chi connectivity index (χ4n) is 4.84. The normalized spacial score (nSPS) is 11.7. The molecule has 0 saturated heterocycles. The van der Waals surface area contributed by atoms with Crippen LogP contribution in [0.1, 0.15) is 56.4 Å². The molecule has 0 N–H and O–H groups in total. The molecule has 220 valence electrons. The molecule has 0 spiro atoms. The van der Waals surface area contributed by atoms with Gasteiger partial charge in [-0.15, -0.1) is 11.3 Å². The maximum Gasteiger partial charge on any atom is 0.416 e. The topological polar surface area (TPSA) is 35.5 Å². The largest absolute Gasteiger partial charge is 0.488 e. The summed E-state index contributed by atoms with van der Waals surface area (Å²) in [4.78, 5) is 14.4. The molecule has 4 aromatic carbocycles. The molecular weight excluding hydrogens is 569 g/mol. The molecule has 7 heteroatoms. The summed E-state index contributed by atoms with van der Waals surface area (Å²) in [6.07, 6.45) is 0.282. The van der Waals surface area contributed by atoms with E-state index in [1.807, 2.05) is 74.5 Å². The number of halogens is 3. The fraction of sp³-hybridized carbons (Fsp3) is 0.194. The van der Waals surface area contributed by atoms with Gasteiger partial charge < -0.3 is 9.47 Å². The highest BCUT2D eigenvalue weighted by Gasteiger charge is 2.31. The van der Waals surface area contributed by atoms with Gasteiger partial charge in [-0.1, -0.05) is 80.1 Å². The molecule has 43 heavy (non-hydrogen) atoms. The summed E-state index contributed by atoms with van der Waals surface area (Å²) >= 11 is 1.26. The van der Waals surface area contributed by atoms with E-state index in [2.05, 4.69) is 0 Å². The lowest BCUT2D eigenvalue weighted by atomic mass is 10.0. The van der Waals surface area contributed by atoms with Gasteiger partial charge in [-0.2, -0.15) is 13.2 Å². The van der Waals surface area contributed by atoms with E-state index < -0.39 is 11.7 Å². The van der Waals surface area contributed by atoms with Crippen LogP contribution in [0.2, 0.25) is 0 Å². The van der Waals surface area contributed by atoms with Gasteiger partial charge >= 0.3 is 6.18 Å². The highest BCUT2D eigenvalue weighted by Crippen LogP contribution is 2.38. The number of carbonyl (C=O) groups excluding carboxylic acids is 1. The van der Waals surface area contributed by atoms with E-state index in [9.17, 15) is 18.0 Å². The predicted octanol–water partition coefficient (Wildman–Crippen LogP) is 10.2. The second kappa shape index (κ2) is 13.3. The lowest BCUT2D eigenvalue weighted by Crippen LogP contribution is -2.05. The van der Waals surface area contributed by atoms with Gasteiger partial charge in [0.25, 0.3) is 0 Å². The third-order valence-electron chi connectivity index (χ3n) is 7.05. The van der Waals surface area contributed by atoms with Crippen molar-refractivity contribution in [1.82, 2.24) is 0 Å². The first-order chi connectivity index (χ1) is 20.7. The number of hydrogen-bond donors (Lipinski definition) is 0. The minimum absolute atomic E-state index is 0.267. The molecule has 5 rings (SSSR count). The Balaban J connectivity index is 1.46. The van der Waals surface area contributed by atoms with Gasteiger partial charge in [0.1, 0.15) is 24.7 Å². The maximum absolute atomic E-state index is 13.6. The van der Waals surface area contributed by atoms with Crippen LogP contribution in [0.5, 0.6) is 11.5 Å². The molecule has 0 aliphatic rings. The van der Waals surface area contributed by atoms with E-state index in [-0.39, 0.29) is 12.4 Å². The molecule has 5 aromatic rings. The average Bonchev–Trinajstić information content (AvgIpc) is 3.35. The number of rotatable bonds is 11. The highest BCUT2D eigenvalue weighted by atomic mass is 32.1. The summed E-state index contributed by atoms with van der Waals surface area (Å²) in [6, 6.07) is 26.8. The maximum atomic E-state index is 13.6. The first kappa shape index (κ1) is 30.1.